The highest BCUT2D eigenvalue weighted by Crippen LogP contribution is 2.21. The van der Waals surface area contributed by atoms with E-state index in [4.69, 9.17) is 5.73 Å². The van der Waals surface area contributed by atoms with Gasteiger partial charge in [0.05, 0.1) is 17.4 Å². The van der Waals surface area contributed by atoms with Crippen molar-refractivity contribution in [3.63, 3.8) is 0 Å². The van der Waals surface area contributed by atoms with Crippen LogP contribution in [-0.4, -0.2) is 9.55 Å². The summed E-state index contributed by atoms with van der Waals surface area (Å²) in [5.74, 6) is 0.544. The fourth-order valence-corrected chi connectivity index (χ4v) is 2.54. The smallest absolute Gasteiger partial charge is 0.0958 e. The standard InChI is InChI=1S/C17H19N3/c1-13(14-5-3-2-4-6-14)9-10-20-12-19-16-11-15(18)7-8-17(16)20/h2-8,11-13H,9-10,18H2,1H3. The topological polar surface area (TPSA) is 43.8 Å². The third-order valence-corrected chi connectivity index (χ3v) is 3.82. The van der Waals surface area contributed by atoms with E-state index >= 15 is 0 Å². The number of aromatic nitrogens is 2. The molecule has 1 aromatic heterocycles. The number of nitrogen functional groups attached to an aromatic ring is 1. The van der Waals surface area contributed by atoms with E-state index in [1.54, 1.807) is 0 Å². The summed E-state index contributed by atoms with van der Waals surface area (Å²) < 4.78 is 2.20. The van der Waals surface area contributed by atoms with E-state index in [-0.39, 0.29) is 0 Å². The zero-order valence-corrected chi connectivity index (χ0v) is 11.7. The van der Waals surface area contributed by atoms with E-state index in [1.165, 1.54) is 5.56 Å². The summed E-state index contributed by atoms with van der Waals surface area (Å²) in [6.45, 7) is 3.24. The summed E-state index contributed by atoms with van der Waals surface area (Å²) in [7, 11) is 0. The Labute approximate surface area is 119 Å². The minimum absolute atomic E-state index is 0.544. The first-order valence-electron chi connectivity index (χ1n) is 6.99. The molecule has 20 heavy (non-hydrogen) atoms. The Morgan fingerprint density at radius 3 is 2.75 bits per heavy atom. The average Bonchev–Trinajstić information content (AvgIpc) is 2.88. The van der Waals surface area contributed by atoms with Gasteiger partial charge in [0.15, 0.2) is 0 Å². The number of hydrogen-bond acceptors (Lipinski definition) is 2. The van der Waals surface area contributed by atoms with E-state index in [0.717, 1.165) is 29.7 Å². The number of fused-ring (bicyclic) bond motifs is 1. The SMILES string of the molecule is CC(CCn1cnc2cc(N)ccc21)c1ccccc1. The van der Waals surface area contributed by atoms with Gasteiger partial charge in [-0.15, -0.1) is 0 Å². The molecule has 0 aliphatic carbocycles. The van der Waals surface area contributed by atoms with Gasteiger partial charge < -0.3 is 10.3 Å². The molecule has 3 rings (SSSR count). The number of hydrogen-bond donors (Lipinski definition) is 1. The molecule has 3 nitrogen and oxygen atoms in total. The quantitative estimate of drug-likeness (QED) is 0.729. The molecule has 1 heterocycles. The summed E-state index contributed by atoms with van der Waals surface area (Å²) in [4.78, 5) is 4.41. The molecule has 0 fully saturated rings. The summed E-state index contributed by atoms with van der Waals surface area (Å²) in [6.07, 6.45) is 3.00. The third kappa shape index (κ3) is 2.52. The first-order chi connectivity index (χ1) is 9.74. The molecule has 1 unspecified atom stereocenters. The van der Waals surface area contributed by atoms with Crippen LogP contribution < -0.4 is 5.73 Å². The van der Waals surface area contributed by atoms with Gasteiger partial charge in [-0.3, -0.25) is 0 Å². The van der Waals surface area contributed by atoms with E-state index in [2.05, 4.69) is 46.8 Å². The summed E-state index contributed by atoms with van der Waals surface area (Å²) >= 11 is 0. The number of nitrogens with two attached hydrogens (primary N) is 1. The Hall–Kier alpha value is -2.29. The van der Waals surface area contributed by atoms with Crippen LogP contribution in [0.15, 0.2) is 54.9 Å². The van der Waals surface area contributed by atoms with Gasteiger partial charge in [-0.05, 0) is 36.1 Å². The normalized spacial score (nSPS) is 12.7. The van der Waals surface area contributed by atoms with Gasteiger partial charge in [0, 0.05) is 12.2 Å². The van der Waals surface area contributed by atoms with Crippen LogP contribution in [0.5, 0.6) is 0 Å². The second kappa shape index (κ2) is 5.37. The highest BCUT2D eigenvalue weighted by Gasteiger charge is 2.07. The summed E-state index contributed by atoms with van der Waals surface area (Å²) in [6, 6.07) is 16.5. The molecule has 2 aromatic carbocycles. The number of anilines is 1. The molecule has 2 N–H and O–H groups in total. The van der Waals surface area contributed by atoms with Crippen molar-refractivity contribution in [2.45, 2.75) is 25.8 Å². The van der Waals surface area contributed by atoms with Crippen LogP contribution >= 0.6 is 0 Å². The molecule has 1 atom stereocenters. The van der Waals surface area contributed by atoms with Crippen LogP contribution in [-0.2, 0) is 6.54 Å². The van der Waals surface area contributed by atoms with E-state index in [9.17, 15) is 0 Å². The molecule has 3 heteroatoms. The van der Waals surface area contributed by atoms with E-state index < -0.39 is 0 Å². The monoisotopic (exact) mass is 265 g/mol. The molecule has 0 aliphatic rings. The average molecular weight is 265 g/mol. The predicted octanol–water partition coefficient (Wildman–Crippen LogP) is 3.81. The molecule has 0 bridgehead atoms. The van der Waals surface area contributed by atoms with Crippen molar-refractivity contribution < 1.29 is 0 Å². The molecule has 0 radical (unpaired) electrons. The van der Waals surface area contributed by atoms with Crippen LogP contribution in [0.3, 0.4) is 0 Å². The first kappa shape index (κ1) is 12.7. The van der Waals surface area contributed by atoms with Crippen molar-refractivity contribution in [3.05, 3.63) is 60.4 Å². The highest BCUT2D eigenvalue weighted by atomic mass is 15.0. The second-order valence-electron chi connectivity index (χ2n) is 5.29. The van der Waals surface area contributed by atoms with Gasteiger partial charge in [-0.2, -0.15) is 0 Å². The highest BCUT2D eigenvalue weighted by molar-refractivity contribution is 5.78. The molecule has 3 aromatic rings. The lowest BCUT2D eigenvalue weighted by Crippen LogP contribution is -2.02. The Kier molecular flexibility index (Phi) is 3.42. The summed E-state index contributed by atoms with van der Waals surface area (Å²) in [5, 5.41) is 0. The van der Waals surface area contributed by atoms with Crippen molar-refractivity contribution in [3.8, 4) is 0 Å². The molecule has 0 saturated heterocycles. The number of rotatable bonds is 4. The van der Waals surface area contributed by atoms with E-state index in [1.807, 2.05) is 24.5 Å². The van der Waals surface area contributed by atoms with E-state index in [0.29, 0.717) is 5.92 Å². The fourth-order valence-electron chi connectivity index (χ4n) is 2.54. The maximum Gasteiger partial charge on any atom is 0.0958 e. The Morgan fingerprint density at radius 2 is 1.95 bits per heavy atom. The first-order valence-corrected chi connectivity index (χ1v) is 6.99. The minimum atomic E-state index is 0.544. The van der Waals surface area contributed by atoms with Gasteiger partial charge in [0.2, 0.25) is 0 Å². The summed E-state index contributed by atoms with van der Waals surface area (Å²) in [5.41, 5.74) is 10.1. The largest absolute Gasteiger partial charge is 0.399 e. The Morgan fingerprint density at radius 1 is 1.15 bits per heavy atom. The number of imidazole rings is 1. The lowest BCUT2D eigenvalue weighted by Gasteiger charge is -2.12. The van der Waals surface area contributed by atoms with Gasteiger partial charge >= 0.3 is 0 Å². The molecule has 0 saturated carbocycles. The molecule has 102 valence electrons. The lowest BCUT2D eigenvalue weighted by atomic mass is 9.98. The van der Waals surface area contributed by atoms with Crippen molar-refractivity contribution >= 4 is 16.7 Å². The number of aryl methyl sites for hydroxylation is 1. The molecule has 0 spiro atoms. The molecule has 0 amide bonds. The maximum absolute atomic E-state index is 5.78. The zero-order valence-electron chi connectivity index (χ0n) is 11.7. The Balaban J connectivity index is 1.74. The second-order valence-corrected chi connectivity index (χ2v) is 5.29. The number of benzene rings is 2. The molecular formula is C17H19N3. The van der Waals surface area contributed by atoms with Crippen LogP contribution in [0.25, 0.3) is 11.0 Å². The van der Waals surface area contributed by atoms with Crippen molar-refractivity contribution in [2.75, 3.05) is 5.73 Å². The fraction of sp³-hybridized carbons (Fsp3) is 0.235. The van der Waals surface area contributed by atoms with Gasteiger partial charge in [-0.1, -0.05) is 37.3 Å². The van der Waals surface area contributed by atoms with Crippen LogP contribution in [0.2, 0.25) is 0 Å². The van der Waals surface area contributed by atoms with Gasteiger partial charge in [0.25, 0.3) is 0 Å². The third-order valence-electron chi connectivity index (χ3n) is 3.82. The lowest BCUT2D eigenvalue weighted by molar-refractivity contribution is 0.586. The van der Waals surface area contributed by atoms with Crippen LogP contribution in [0, 0.1) is 0 Å². The van der Waals surface area contributed by atoms with Crippen LogP contribution in [0.1, 0.15) is 24.8 Å². The predicted molar refractivity (Wildman–Crippen MR) is 83.6 cm³/mol. The van der Waals surface area contributed by atoms with Crippen molar-refractivity contribution in [1.82, 2.24) is 9.55 Å². The van der Waals surface area contributed by atoms with Crippen molar-refractivity contribution in [2.24, 2.45) is 0 Å². The van der Waals surface area contributed by atoms with Crippen LogP contribution in [0.4, 0.5) is 5.69 Å². The van der Waals surface area contributed by atoms with Gasteiger partial charge in [0.1, 0.15) is 0 Å². The van der Waals surface area contributed by atoms with Gasteiger partial charge in [-0.25, -0.2) is 4.98 Å². The number of nitrogens with zero attached hydrogens (tertiary/aromatic N) is 2. The molecular weight excluding hydrogens is 246 g/mol. The zero-order chi connectivity index (χ0) is 13.9. The van der Waals surface area contributed by atoms with Crippen molar-refractivity contribution in [1.29, 1.82) is 0 Å². The minimum Gasteiger partial charge on any atom is -0.399 e. The molecule has 0 aliphatic heterocycles. The maximum atomic E-state index is 5.78. The Bertz CT molecular complexity index is 701.